The third-order valence-corrected chi connectivity index (χ3v) is 3.25. The fourth-order valence-corrected chi connectivity index (χ4v) is 2.18. The highest BCUT2D eigenvalue weighted by atomic mass is 32.2. The van der Waals surface area contributed by atoms with Crippen molar-refractivity contribution in [3.63, 3.8) is 0 Å². The Balaban J connectivity index is 2.49. The van der Waals surface area contributed by atoms with Gasteiger partial charge in [0.05, 0.1) is 0 Å². The number of esters is 2. The zero-order valence-corrected chi connectivity index (χ0v) is 11.2. The average molecular weight is 292 g/mol. The number of amides is 2. The van der Waals surface area contributed by atoms with Crippen LogP contribution in [-0.4, -0.2) is 46.7 Å². The number of rotatable bonds is 4. The Morgan fingerprint density at radius 3 is 2.72 bits per heavy atom. The monoisotopic (exact) mass is 292 g/mol. The van der Waals surface area contributed by atoms with Gasteiger partial charge in [-0.2, -0.15) is 12.6 Å². The van der Waals surface area contributed by atoms with E-state index in [1.165, 1.54) is 6.92 Å². The summed E-state index contributed by atoms with van der Waals surface area (Å²) in [6.45, 7) is 1.24. The van der Waals surface area contributed by atoms with E-state index in [4.69, 9.17) is 0 Å². The average Bonchev–Trinajstić information content (AvgIpc) is 2.72. The SMILES string of the molecule is CC(=O)N[C@@H](CS)C(=O)OC(=O)C1CSC(=O)N1. The molecular weight excluding hydrogens is 280 g/mol. The molecule has 1 aliphatic rings. The van der Waals surface area contributed by atoms with Gasteiger partial charge in [-0.05, 0) is 0 Å². The Morgan fingerprint density at radius 2 is 2.28 bits per heavy atom. The van der Waals surface area contributed by atoms with Crippen molar-refractivity contribution in [3.8, 4) is 0 Å². The largest absolute Gasteiger partial charge is 0.390 e. The topological polar surface area (TPSA) is 102 Å². The molecular formula is C9H12N2O5S2. The molecule has 9 heteroatoms. The Hall–Kier alpha value is -1.22. The van der Waals surface area contributed by atoms with E-state index >= 15 is 0 Å². The summed E-state index contributed by atoms with van der Waals surface area (Å²) in [6, 6.07) is -1.82. The van der Waals surface area contributed by atoms with Gasteiger partial charge in [-0.3, -0.25) is 9.59 Å². The molecule has 2 N–H and O–H groups in total. The lowest BCUT2D eigenvalue weighted by Gasteiger charge is -2.14. The second-order valence-electron chi connectivity index (χ2n) is 3.47. The summed E-state index contributed by atoms with van der Waals surface area (Å²) in [7, 11) is 0. The van der Waals surface area contributed by atoms with Crippen LogP contribution in [0.3, 0.4) is 0 Å². The van der Waals surface area contributed by atoms with E-state index in [0.717, 1.165) is 11.8 Å². The number of nitrogens with one attached hydrogen (secondary N) is 2. The molecule has 1 heterocycles. The van der Waals surface area contributed by atoms with E-state index in [1.807, 2.05) is 0 Å². The molecule has 18 heavy (non-hydrogen) atoms. The van der Waals surface area contributed by atoms with Gasteiger partial charge in [0.15, 0.2) is 0 Å². The Kier molecular flexibility index (Phi) is 5.48. The molecule has 0 bridgehead atoms. The lowest BCUT2D eigenvalue weighted by atomic mass is 10.3. The van der Waals surface area contributed by atoms with Crippen LogP contribution in [0.5, 0.6) is 0 Å². The van der Waals surface area contributed by atoms with Crippen LogP contribution < -0.4 is 10.6 Å². The highest BCUT2D eigenvalue weighted by Gasteiger charge is 2.32. The van der Waals surface area contributed by atoms with Crippen LogP contribution in [-0.2, 0) is 19.1 Å². The quantitative estimate of drug-likeness (QED) is 0.360. The predicted octanol–water partition coefficient (Wildman–Crippen LogP) is -0.684. The fourth-order valence-electron chi connectivity index (χ4n) is 1.18. The molecule has 100 valence electrons. The van der Waals surface area contributed by atoms with Crippen LogP contribution in [0.4, 0.5) is 4.79 Å². The number of hydrogen-bond acceptors (Lipinski definition) is 7. The minimum absolute atomic E-state index is 0.0114. The van der Waals surface area contributed by atoms with E-state index in [-0.39, 0.29) is 16.7 Å². The first-order valence-corrected chi connectivity index (χ1v) is 6.62. The van der Waals surface area contributed by atoms with E-state index < -0.39 is 29.9 Å². The van der Waals surface area contributed by atoms with Crippen LogP contribution in [0, 0.1) is 0 Å². The van der Waals surface area contributed by atoms with Crippen LogP contribution in [0.1, 0.15) is 6.92 Å². The van der Waals surface area contributed by atoms with Gasteiger partial charge in [-0.25, -0.2) is 9.59 Å². The van der Waals surface area contributed by atoms with Crippen molar-refractivity contribution in [1.29, 1.82) is 0 Å². The molecule has 0 aromatic rings. The number of carbonyl (C=O) groups is 4. The normalized spacial score (nSPS) is 19.9. The Labute approximate surface area is 113 Å². The minimum Gasteiger partial charge on any atom is -0.390 e. The van der Waals surface area contributed by atoms with E-state index in [2.05, 4.69) is 28.0 Å². The van der Waals surface area contributed by atoms with Crippen LogP contribution in [0.25, 0.3) is 0 Å². The first-order valence-electron chi connectivity index (χ1n) is 5.00. The zero-order chi connectivity index (χ0) is 13.7. The van der Waals surface area contributed by atoms with Gasteiger partial charge in [0.25, 0.3) is 5.24 Å². The number of carbonyl (C=O) groups excluding carboxylic acids is 4. The minimum atomic E-state index is -0.987. The van der Waals surface area contributed by atoms with Crippen molar-refractivity contribution in [3.05, 3.63) is 0 Å². The standard InChI is InChI=1S/C9H12N2O5S2/c1-4(12)10-5(2-17)7(13)16-8(14)6-3-18-9(15)11-6/h5-6,17H,2-3H2,1H3,(H,10,12)(H,11,15)/t5-,6?/m0/s1. The first kappa shape index (κ1) is 14.8. The van der Waals surface area contributed by atoms with E-state index in [0.29, 0.717) is 0 Å². The third-order valence-electron chi connectivity index (χ3n) is 2.00. The molecule has 2 amide bonds. The van der Waals surface area contributed by atoms with Crippen molar-refractivity contribution < 1.29 is 23.9 Å². The maximum absolute atomic E-state index is 11.5. The molecule has 0 saturated carbocycles. The van der Waals surface area contributed by atoms with E-state index in [9.17, 15) is 19.2 Å². The van der Waals surface area contributed by atoms with Crippen molar-refractivity contribution in [2.45, 2.75) is 19.0 Å². The van der Waals surface area contributed by atoms with Crippen molar-refractivity contribution in [2.24, 2.45) is 0 Å². The van der Waals surface area contributed by atoms with Crippen LogP contribution in [0.2, 0.25) is 0 Å². The van der Waals surface area contributed by atoms with Crippen molar-refractivity contribution >= 4 is 47.5 Å². The maximum atomic E-state index is 11.5. The Bertz CT molecular complexity index is 387. The molecule has 1 rings (SSSR count). The smallest absolute Gasteiger partial charge is 0.337 e. The molecule has 1 unspecified atom stereocenters. The first-order chi connectivity index (χ1) is 8.43. The van der Waals surface area contributed by atoms with Crippen molar-refractivity contribution in [2.75, 3.05) is 11.5 Å². The molecule has 0 aliphatic carbocycles. The lowest BCUT2D eigenvalue weighted by Crippen LogP contribution is -2.45. The summed E-state index contributed by atoms with van der Waals surface area (Å²) in [5.41, 5.74) is 0. The van der Waals surface area contributed by atoms with Gasteiger partial charge in [-0.15, -0.1) is 0 Å². The van der Waals surface area contributed by atoms with E-state index in [1.54, 1.807) is 0 Å². The van der Waals surface area contributed by atoms with Crippen molar-refractivity contribution in [1.82, 2.24) is 10.6 Å². The summed E-state index contributed by atoms with van der Waals surface area (Å²) >= 11 is 4.81. The fraction of sp³-hybridized carbons (Fsp3) is 0.556. The maximum Gasteiger partial charge on any atom is 0.337 e. The lowest BCUT2D eigenvalue weighted by molar-refractivity contribution is -0.162. The number of thiol groups is 1. The van der Waals surface area contributed by atoms with Crippen LogP contribution >= 0.6 is 24.4 Å². The molecule has 1 fully saturated rings. The van der Waals surface area contributed by atoms with Gasteiger partial charge >= 0.3 is 11.9 Å². The zero-order valence-electron chi connectivity index (χ0n) is 9.47. The summed E-state index contributed by atoms with van der Waals surface area (Å²) in [4.78, 5) is 44.7. The van der Waals surface area contributed by atoms with Gasteiger partial charge < -0.3 is 15.4 Å². The number of thioether (sulfide) groups is 1. The Morgan fingerprint density at radius 1 is 1.61 bits per heavy atom. The van der Waals surface area contributed by atoms with Gasteiger partial charge in [0, 0.05) is 18.4 Å². The van der Waals surface area contributed by atoms with Crippen LogP contribution in [0.15, 0.2) is 0 Å². The highest BCUT2D eigenvalue weighted by Crippen LogP contribution is 2.14. The molecule has 0 aromatic heterocycles. The summed E-state index contributed by atoms with van der Waals surface area (Å²) < 4.78 is 4.57. The number of hydrogen-bond donors (Lipinski definition) is 3. The summed E-state index contributed by atoms with van der Waals surface area (Å²) in [5, 5.41) is 4.31. The second-order valence-corrected chi connectivity index (χ2v) is 4.83. The van der Waals surface area contributed by atoms with Gasteiger partial charge in [0.2, 0.25) is 5.91 Å². The van der Waals surface area contributed by atoms with Gasteiger partial charge in [0.1, 0.15) is 12.1 Å². The molecule has 0 spiro atoms. The second kappa shape index (κ2) is 6.64. The highest BCUT2D eigenvalue weighted by molar-refractivity contribution is 8.14. The molecule has 7 nitrogen and oxygen atoms in total. The molecule has 2 atom stereocenters. The molecule has 1 aliphatic heterocycles. The third kappa shape index (κ3) is 4.22. The predicted molar refractivity (Wildman–Crippen MR) is 67.3 cm³/mol. The molecule has 0 aromatic carbocycles. The molecule has 0 radical (unpaired) electrons. The summed E-state index contributed by atoms with van der Waals surface area (Å²) in [5.74, 6) is -1.93. The summed E-state index contributed by atoms with van der Waals surface area (Å²) in [6.07, 6.45) is 0. The van der Waals surface area contributed by atoms with Gasteiger partial charge in [-0.1, -0.05) is 11.8 Å². The molecule has 1 saturated heterocycles. The number of ether oxygens (including phenoxy) is 1.